The van der Waals surface area contributed by atoms with Crippen LogP contribution in [0, 0.1) is 0 Å². The lowest BCUT2D eigenvalue weighted by Crippen LogP contribution is -2.40. The Labute approximate surface area is 113 Å². The molecule has 3 atom stereocenters. The number of hydrogen-bond donors (Lipinski definition) is 2. The van der Waals surface area contributed by atoms with Gasteiger partial charge in [-0.3, -0.25) is 0 Å². The van der Waals surface area contributed by atoms with Gasteiger partial charge in [-0.1, -0.05) is 12.1 Å². The van der Waals surface area contributed by atoms with E-state index < -0.39 is 22.0 Å². The quantitative estimate of drug-likeness (QED) is 0.843. The molecule has 1 fully saturated rings. The minimum atomic E-state index is -3.12. The summed E-state index contributed by atoms with van der Waals surface area (Å²) < 4.78 is 28.0. The lowest BCUT2D eigenvalue weighted by atomic mass is 10.1. The highest BCUT2D eigenvalue weighted by atomic mass is 32.2. The van der Waals surface area contributed by atoms with Gasteiger partial charge in [0.1, 0.15) is 5.75 Å². The SMILES string of the molecule is COc1ccc([C@@H](C)NC2CS(=O)(=O)CC2O)cc1. The number of aliphatic hydroxyl groups excluding tert-OH is 1. The van der Waals surface area contributed by atoms with Crippen LogP contribution in [0.25, 0.3) is 0 Å². The van der Waals surface area contributed by atoms with E-state index in [9.17, 15) is 13.5 Å². The molecule has 6 heteroatoms. The van der Waals surface area contributed by atoms with Crippen LogP contribution in [0.15, 0.2) is 24.3 Å². The lowest BCUT2D eigenvalue weighted by Gasteiger charge is -2.21. The third kappa shape index (κ3) is 3.46. The molecule has 2 rings (SSSR count). The minimum Gasteiger partial charge on any atom is -0.497 e. The summed E-state index contributed by atoms with van der Waals surface area (Å²) in [6.07, 6.45) is -0.828. The van der Waals surface area contributed by atoms with E-state index in [4.69, 9.17) is 4.74 Å². The summed E-state index contributed by atoms with van der Waals surface area (Å²) in [7, 11) is -1.51. The molecule has 19 heavy (non-hydrogen) atoms. The molecule has 1 heterocycles. The molecule has 0 aliphatic carbocycles. The van der Waals surface area contributed by atoms with Gasteiger partial charge in [0.25, 0.3) is 0 Å². The van der Waals surface area contributed by atoms with Gasteiger partial charge in [-0.2, -0.15) is 0 Å². The second kappa shape index (κ2) is 5.48. The predicted octanol–water partition coefficient (Wildman–Crippen LogP) is 0.504. The van der Waals surface area contributed by atoms with Gasteiger partial charge in [-0.25, -0.2) is 8.42 Å². The van der Waals surface area contributed by atoms with Crippen LogP contribution in [0.2, 0.25) is 0 Å². The summed E-state index contributed by atoms with van der Waals surface area (Å²) >= 11 is 0. The van der Waals surface area contributed by atoms with Crippen molar-refractivity contribution in [3.8, 4) is 5.75 Å². The van der Waals surface area contributed by atoms with E-state index in [-0.39, 0.29) is 17.5 Å². The lowest BCUT2D eigenvalue weighted by molar-refractivity contribution is 0.160. The topological polar surface area (TPSA) is 75.6 Å². The van der Waals surface area contributed by atoms with E-state index in [1.807, 2.05) is 31.2 Å². The molecule has 1 saturated heterocycles. The summed E-state index contributed by atoms with van der Waals surface area (Å²) in [5.74, 6) is 0.619. The summed E-state index contributed by atoms with van der Waals surface area (Å²) in [5.41, 5.74) is 1.03. The van der Waals surface area contributed by atoms with Crippen molar-refractivity contribution in [3.05, 3.63) is 29.8 Å². The molecule has 0 saturated carbocycles. The van der Waals surface area contributed by atoms with E-state index in [0.717, 1.165) is 11.3 Å². The zero-order chi connectivity index (χ0) is 14.0. The summed E-state index contributed by atoms with van der Waals surface area (Å²) in [4.78, 5) is 0. The van der Waals surface area contributed by atoms with Crippen LogP contribution in [0.4, 0.5) is 0 Å². The Hall–Kier alpha value is -1.11. The Morgan fingerprint density at radius 3 is 2.42 bits per heavy atom. The Morgan fingerprint density at radius 1 is 1.32 bits per heavy atom. The smallest absolute Gasteiger partial charge is 0.154 e. The van der Waals surface area contributed by atoms with Crippen molar-refractivity contribution >= 4 is 9.84 Å². The van der Waals surface area contributed by atoms with Gasteiger partial charge >= 0.3 is 0 Å². The van der Waals surface area contributed by atoms with Gasteiger partial charge in [-0.05, 0) is 24.6 Å². The Kier molecular flexibility index (Phi) is 4.13. The minimum absolute atomic E-state index is 0.00530. The van der Waals surface area contributed by atoms with Crippen molar-refractivity contribution in [1.82, 2.24) is 5.32 Å². The number of hydrogen-bond acceptors (Lipinski definition) is 5. The summed E-state index contributed by atoms with van der Waals surface area (Å²) in [5, 5.41) is 12.9. The zero-order valence-corrected chi connectivity index (χ0v) is 11.9. The van der Waals surface area contributed by atoms with Crippen LogP contribution in [-0.4, -0.2) is 44.3 Å². The molecule has 0 spiro atoms. The molecule has 1 aliphatic heterocycles. The highest BCUT2D eigenvalue weighted by Crippen LogP contribution is 2.20. The zero-order valence-electron chi connectivity index (χ0n) is 11.0. The van der Waals surface area contributed by atoms with E-state index in [2.05, 4.69) is 5.32 Å². The number of benzene rings is 1. The van der Waals surface area contributed by atoms with Crippen LogP contribution in [0.3, 0.4) is 0 Å². The maximum Gasteiger partial charge on any atom is 0.154 e. The largest absolute Gasteiger partial charge is 0.497 e. The number of rotatable bonds is 4. The van der Waals surface area contributed by atoms with Crippen molar-refractivity contribution in [2.24, 2.45) is 0 Å². The standard InChI is InChI=1S/C13H19NO4S/c1-9(10-3-5-11(18-2)6-4-10)14-12-7-19(16,17)8-13(12)15/h3-6,9,12-15H,7-8H2,1-2H3/t9-,12?,13?/m1/s1. The van der Waals surface area contributed by atoms with Gasteiger partial charge in [-0.15, -0.1) is 0 Å². The first-order valence-electron chi connectivity index (χ1n) is 6.20. The second-order valence-electron chi connectivity index (χ2n) is 4.91. The van der Waals surface area contributed by atoms with Crippen molar-refractivity contribution in [2.75, 3.05) is 18.6 Å². The van der Waals surface area contributed by atoms with Gasteiger partial charge in [0.2, 0.25) is 0 Å². The van der Waals surface area contributed by atoms with Crippen LogP contribution in [-0.2, 0) is 9.84 Å². The van der Waals surface area contributed by atoms with E-state index in [0.29, 0.717) is 0 Å². The molecule has 0 amide bonds. The molecule has 0 aromatic heterocycles. The Morgan fingerprint density at radius 2 is 1.95 bits per heavy atom. The van der Waals surface area contributed by atoms with E-state index >= 15 is 0 Å². The number of nitrogens with one attached hydrogen (secondary N) is 1. The molecular formula is C13H19NO4S. The number of ether oxygens (including phenoxy) is 1. The number of sulfone groups is 1. The fourth-order valence-electron chi connectivity index (χ4n) is 2.30. The molecule has 106 valence electrons. The second-order valence-corrected chi connectivity index (χ2v) is 7.07. The average molecular weight is 285 g/mol. The van der Waals surface area contributed by atoms with Gasteiger partial charge in [0.05, 0.1) is 24.7 Å². The highest BCUT2D eigenvalue weighted by Gasteiger charge is 2.36. The molecular weight excluding hydrogens is 266 g/mol. The first-order valence-corrected chi connectivity index (χ1v) is 8.02. The van der Waals surface area contributed by atoms with Gasteiger partial charge < -0.3 is 15.2 Å². The third-order valence-electron chi connectivity index (χ3n) is 3.40. The van der Waals surface area contributed by atoms with Crippen molar-refractivity contribution in [2.45, 2.75) is 25.1 Å². The van der Waals surface area contributed by atoms with Gasteiger partial charge in [0, 0.05) is 12.1 Å². The van der Waals surface area contributed by atoms with Crippen LogP contribution >= 0.6 is 0 Å². The Balaban J connectivity index is 2.02. The molecule has 1 aromatic carbocycles. The fraction of sp³-hybridized carbons (Fsp3) is 0.538. The van der Waals surface area contributed by atoms with Crippen LogP contribution < -0.4 is 10.1 Å². The fourth-order valence-corrected chi connectivity index (χ4v) is 4.05. The molecule has 2 N–H and O–H groups in total. The molecule has 2 unspecified atom stereocenters. The molecule has 1 aliphatic rings. The number of aliphatic hydroxyl groups is 1. The van der Waals surface area contributed by atoms with E-state index in [1.165, 1.54) is 0 Å². The maximum atomic E-state index is 11.4. The molecule has 1 aromatic rings. The molecule has 0 bridgehead atoms. The van der Waals surface area contributed by atoms with Crippen molar-refractivity contribution in [1.29, 1.82) is 0 Å². The Bertz CT molecular complexity index is 526. The third-order valence-corrected chi connectivity index (χ3v) is 5.12. The normalized spacial score (nSPS) is 27.1. The maximum absolute atomic E-state index is 11.4. The monoisotopic (exact) mass is 285 g/mol. The average Bonchev–Trinajstić information content (AvgIpc) is 2.62. The van der Waals surface area contributed by atoms with Crippen molar-refractivity contribution < 1.29 is 18.3 Å². The van der Waals surface area contributed by atoms with Gasteiger partial charge in [0.15, 0.2) is 9.84 Å². The van der Waals surface area contributed by atoms with E-state index in [1.54, 1.807) is 7.11 Å². The molecule has 0 radical (unpaired) electrons. The first-order chi connectivity index (χ1) is 8.91. The van der Waals surface area contributed by atoms with Crippen LogP contribution in [0.5, 0.6) is 5.75 Å². The summed E-state index contributed by atoms with van der Waals surface area (Å²) in [6, 6.07) is 7.13. The van der Waals surface area contributed by atoms with Crippen LogP contribution in [0.1, 0.15) is 18.5 Å². The molecule has 5 nitrogen and oxygen atoms in total. The summed E-state index contributed by atoms with van der Waals surface area (Å²) in [6.45, 7) is 1.94. The highest BCUT2D eigenvalue weighted by molar-refractivity contribution is 7.91. The number of methoxy groups -OCH3 is 1. The van der Waals surface area contributed by atoms with Crippen molar-refractivity contribution in [3.63, 3.8) is 0 Å². The predicted molar refractivity (Wildman–Crippen MR) is 73.0 cm³/mol. The first kappa shape index (κ1) is 14.3.